The van der Waals surface area contributed by atoms with Gasteiger partial charge in [-0.25, -0.2) is 0 Å². The predicted octanol–water partition coefficient (Wildman–Crippen LogP) is 3.01. The molecule has 5 nitrogen and oxygen atoms in total. The van der Waals surface area contributed by atoms with E-state index in [0.29, 0.717) is 26.0 Å². The molecule has 3 rings (SSSR count). The van der Waals surface area contributed by atoms with Crippen LogP contribution in [-0.4, -0.2) is 31.1 Å². The number of hydrogen-bond acceptors (Lipinski definition) is 4. The number of nitrogens with two attached hydrogens (primary N) is 2. The molecular formula is C24H29N3O2. The summed E-state index contributed by atoms with van der Waals surface area (Å²) in [5, 5.41) is 5.34. The van der Waals surface area contributed by atoms with Crippen LogP contribution in [0.25, 0.3) is 10.8 Å². The third-order valence-electron chi connectivity index (χ3n) is 4.90. The monoisotopic (exact) mass is 391 g/mol. The van der Waals surface area contributed by atoms with E-state index in [1.165, 1.54) is 5.39 Å². The Balaban J connectivity index is 1.67. The molecule has 5 N–H and O–H groups in total. The molecule has 0 fully saturated rings. The Bertz CT molecular complexity index is 914. The molecule has 29 heavy (non-hydrogen) atoms. The molecule has 0 bridgehead atoms. The van der Waals surface area contributed by atoms with Gasteiger partial charge < -0.3 is 21.5 Å². The summed E-state index contributed by atoms with van der Waals surface area (Å²) in [6.45, 7) is 0.891. The van der Waals surface area contributed by atoms with E-state index in [4.69, 9.17) is 16.2 Å². The van der Waals surface area contributed by atoms with Gasteiger partial charge in [-0.3, -0.25) is 4.79 Å². The fourth-order valence-electron chi connectivity index (χ4n) is 3.28. The maximum atomic E-state index is 12.5. The maximum absolute atomic E-state index is 12.5. The summed E-state index contributed by atoms with van der Waals surface area (Å²) >= 11 is 0. The molecular weight excluding hydrogens is 362 g/mol. The van der Waals surface area contributed by atoms with Gasteiger partial charge >= 0.3 is 0 Å². The van der Waals surface area contributed by atoms with Gasteiger partial charge in [-0.2, -0.15) is 0 Å². The molecule has 1 amide bonds. The van der Waals surface area contributed by atoms with Crippen LogP contribution < -0.4 is 21.5 Å². The van der Waals surface area contributed by atoms with Crippen molar-refractivity contribution in [3.8, 4) is 5.75 Å². The molecule has 2 atom stereocenters. The van der Waals surface area contributed by atoms with Crippen LogP contribution >= 0.6 is 0 Å². The molecule has 0 saturated heterocycles. The molecule has 0 unspecified atom stereocenters. The molecule has 0 radical (unpaired) electrons. The van der Waals surface area contributed by atoms with Crippen LogP contribution in [0.2, 0.25) is 0 Å². The molecule has 152 valence electrons. The van der Waals surface area contributed by atoms with E-state index < -0.39 is 6.04 Å². The Morgan fingerprint density at radius 1 is 0.966 bits per heavy atom. The number of carbonyl (C=O) groups excluding carboxylic acids is 1. The van der Waals surface area contributed by atoms with Crippen LogP contribution in [0.5, 0.6) is 5.75 Å². The molecule has 0 aliphatic carbocycles. The van der Waals surface area contributed by atoms with Crippen molar-refractivity contribution in [2.24, 2.45) is 11.5 Å². The summed E-state index contributed by atoms with van der Waals surface area (Å²) in [6.07, 6.45) is 1.97. The fourth-order valence-corrected chi connectivity index (χ4v) is 3.28. The van der Waals surface area contributed by atoms with Crippen molar-refractivity contribution in [2.75, 3.05) is 13.2 Å². The second-order valence-corrected chi connectivity index (χ2v) is 7.25. The van der Waals surface area contributed by atoms with Crippen LogP contribution in [-0.2, 0) is 11.2 Å². The third kappa shape index (κ3) is 6.31. The molecule has 0 spiro atoms. The van der Waals surface area contributed by atoms with Crippen molar-refractivity contribution in [2.45, 2.75) is 31.3 Å². The molecule has 0 aromatic heterocycles. The van der Waals surface area contributed by atoms with Crippen molar-refractivity contribution < 1.29 is 9.53 Å². The van der Waals surface area contributed by atoms with Crippen LogP contribution in [0.1, 0.15) is 18.4 Å². The van der Waals surface area contributed by atoms with Crippen LogP contribution in [0, 0.1) is 0 Å². The summed E-state index contributed by atoms with van der Waals surface area (Å²) in [7, 11) is 0. The summed E-state index contributed by atoms with van der Waals surface area (Å²) < 4.78 is 6.03. The quantitative estimate of drug-likeness (QED) is 0.495. The number of carbonyl (C=O) groups is 1. The number of nitrogens with one attached hydrogen (secondary N) is 1. The van der Waals surface area contributed by atoms with E-state index in [1.54, 1.807) is 0 Å². The van der Waals surface area contributed by atoms with Gasteiger partial charge in [-0.15, -0.1) is 0 Å². The van der Waals surface area contributed by atoms with E-state index in [1.807, 2.05) is 60.7 Å². The minimum Gasteiger partial charge on any atom is -0.491 e. The highest BCUT2D eigenvalue weighted by Crippen LogP contribution is 2.21. The van der Waals surface area contributed by atoms with Crippen LogP contribution in [0.3, 0.4) is 0 Å². The Hall–Kier alpha value is -2.89. The largest absolute Gasteiger partial charge is 0.491 e. The number of rotatable bonds is 10. The van der Waals surface area contributed by atoms with E-state index in [2.05, 4.69) is 17.4 Å². The van der Waals surface area contributed by atoms with Crippen molar-refractivity contribution >= 4 is 16.7 Å². The lowest BCUT2D eigenvalue weighted by molar-refractivity contribution is -0.123. The average molecular weight is 392 g/mol. The molecule has 0 aliphatic heterocycles. The van der Waals surface area contributed by atoms with Gasteiger partial charge in [0.15, 0.2) is 0 Å². The lowest BCUT2D eigenvalue weighted by Gasteiger charge is -2.22. The highest BCUT2D eigenvalue weighted by atomic mass is 16.5. The Labute approximate surface area is 172 Å². The average Bonchev–Trinajstić information content (AvgIpc) is 2.76. The highest BCUT2D eigenvalue weighted by molar-refractivity contribution is 5.83. The van der Waals surface area contributed by atoms with E-state index >= 15 is 0 Å². The first kappa shape index (κ1) is 20.8. The van der Waals surface area contributed by atoms with E-state index in [-0.39, 0.29) is 11.9 Å². The standard InChI is InChI=1S/C24H29N3O2/c25-14-6-11-23(26)24(28)27-21(15-18-7-2-1-3-8-18)17-29-22-13-12-19-9-4-5-10-20(19)16-22/h1-5,7-10,12-13,16,21,23H,6,11,14-15,17,25-26H2,(H,27,28)/t21-,23-/m1/s1. The molecule has 3 aromatic rings. The first-order chi connectivity index (χ1) is 14.2. The smallest absolute Gasteiger partial charge is 0.237 e. The number of amides is 1. The first-order valence-electron chi connectivity index (χ1n) is 10.1. The number of fused-ring (bicyclic) bond motifs is 1. The zero-order valence-corrected chi connectivity index (χ0v) is 16.6. The Kier molecular flexibility index (Phi) is 7.61. The summed E-state index contributed by atoms with van der Waals surface area (Å²) in [5.74, 6) is 0.616. The molecule has 0 aliphatic rings. The van der Waals surface area contributed by atoms with Crippen molar-refractivity contribution in [1.82, 2.24) is 5.32 Å². The minimum absolute atomic E-state index is 0.165. The summed E-state index contributed by atoms with van der Waals surface area (Å²) in [4.78, 5) is 12.5. The molecule has 3 aromatic carbocycles. The van der Waals surface area contributed by atoms with Crippen molar-refractivity contribution in [3.05, 3.63) is 78.4 Å². The van der Waals surface area contributed by atoms with Gasteiger partial charge in [0.2, 0.25) is 5.91 Å². The number of ether oxygens (including phenoxy) is 1. The second-order valence-electron chi connectivity index (χ2n) is 7.25. The zero-order chi connectivity index (χ0) is 20.5. The summed E-state index contributed by atoms with van der Waals surface area (Å²) in [5.41, 5.74) is 12.7. The zero-order valence-electron chi connectivity index (χ0n) is 16.6. The Morgan fingerprint density at radius 3 is 2.45 bits per heavy atom. The molecule has 5 heteroatoms. The first-order valence-corrected chi connectivity index (χ1v) is 10.1. The van der Waals surface area contributed by atoms with Gasteiger partial charge in [0.1, 0.15) is 12.4 Å². The van der Waals surface area contributed by atoms with Gasteiger partial charge in [0.05, 0.1) is 12.1 Å². The lowest BCUT2D eigenvalue weighted by Crippen LogP contribution is -2.48. The number of benzene rings is 3. The van der Waals surface area contributed by atoms with Crippen LogP contribution in [0.15, 0.2) is 72.8 Å². The van der Waals surface area contributed by atoms with Crippen molar-refractivity contribution in [3.63, 3.8) is 0 Å². The minimum atomic E-state index is -0.558. The lowest BCUT2D eigenvalue weighted by atomic mass is 10.1. The number of hydrogen-bond donors (Lipinski definition) is 3. The van der Waals surface area contributed by atoms with Crippen LogP contribution in [0.4, 0.5) is 0 Å². The maximum Gasteiger partial charge on any atom is 0.237 e. The Morgan fingerprint density at radius 2 is 1.69 bits per heavy atom. The van der Waals surface area contributed by atoms with Gasteiger partial charge in [-0.1, -0.05) is 60.7 Å². The highest BCUT2D eigenvalue weighted by Gasteiger charge is 2.19. The normalized spacial score (nSPS) is 13.0. The fraction of sp³-hybridized carbons (Fsp3) is 0.292. The second kappa shape index (κ2) is 10.6. The van der Waals surface area contributed by atoms with E-state index in [9.17, 15) is 4.79 Å². The SMILES string of the molecule is NCCC[C@@H](N)C(=O)N[C@@H](COc1ccc2ccccc2c1)Cc1ccccc1. The topological polar surface area (TPSA) is 90.4 Å². The van der Waals surface area contributed by atoms with Gasteiger partial charge in [0, 0.05) is 0 Å². The molecule has 0 heterocycles. The third-order valence-corrected chi connectivity index (χ3v) is 4.90. The van der Waals surface area contributed by atoms with Crippen molar-refractivity contribution in [1.29, 1.82) is 0 Å². The summed E-state index contributed by atoms with van der Waals surface area (Å²) in [6, 6.07) is 23.5. The predicted molar refractivity (Wildman–Crippen MR) is 118 cm³/mol. The van der Waals surface area contributed by atoms with Gasteiger partial charge in [-0.05, 0) is 54.3 Å². The van der Waals surface area contributed by atoms with E-state index in [0.717, 1.165) is 23.1 Å². The van der Waals surface area contributed by atoms with Gasteiger partial charge in [0.25, 0.3) is 0 Å². The molecule has 0 saturated carbocycles.